The fourth-order valence-corrected chi connectivity index (χ4v) is 2.60. The highest BCUT2D eigenvalue weighted by Crippen LogP contribution is 2.25. The zero-order valence-electron chi connectivity index (χ0n) is 10.7. The van der Waals surface area contributed by atoms with E-state index in [9.17, 15) is 14.0 Å². The molecular formula is C13H13BrFNO4. The van der Waals surface area contributed by atoms with Crippen molar-refractivity contribution in [3.05, 3.63) is 34.1 Å². The number of aliphatic carboxylic acids is 1. The minimum atomic E-state index is -1.01. The molecule has 108 valence electrons. The van der Waals surface area contributed by atoms with E-state index in [1.807, 2.05) is 0 Å². The van der Waals surface area contributed by atoms with Gasteiger partial charge in [-0.25, -0.2) is 4.39 Å². The van der Waals surface area contributed by atoms with Gasteiger partial charge in [-0.2, -0.15) is 0 Å². The summed E-state index contributed by atoms with van der Waals surface area (Å²) >= 11 is 3.03. The number of rotatable bonds is 3. The van der Waals surface area contributed by atoms with Crippen LogP contribution in [0.2, 0.25) is 0 Å². The number of carboxylic acid groups (broad SMARTS) is 1. The van der Waals surface area contributed by atoms with Crippen LogP contribution in [0.5, 0.6) is 0 Å². The minimum absolute atomic E-state index is 0.0714. The van der Waals surface area contributed by atoms with Crippen molar-refractivity contribution in [3.63, 3.8) is 0 Å². The summed E-state index contributed by atoms with van der Waals surface area (Å²) in [6, 6.07) is 3.59. The third-order valence-corrected chi connectivity index (χ3v) is 4.17. The fraction of sp³-hybridized carbons (Fsp3) is 0.385. The van der Waals surface area contributed by atoms with E-state index in [2.05, 4.69) is 15.9 Å². The summed E-state index contributed by atoms with van der Waals surface area (Å²) < 4.78 is 18.7. The average molecular weight is 346 g/mol. The second kappa shape index (κ2) is 5.88. The summed E-state index contributed by atoms with van der Waals surface area (Å²) in [5.41, 5.74) is 0.156. The number of likely N-dealkylation sites (N-methyl/N-ethyl adjacent to an activating group) is 1. The first-order chi connectivity index (χ1) is 9.43. The predicted octanol–water partition coefficient (Wildman–Crippen LogP) is 1.76. The second-order valence-corrected chi connectivity index (χ2v) is 5.36. The molecule has 1 aliphatic rings. The Bertz CT molecular complexity index is 551. The highest BCUT2D eigenvalue weighted by molar-refractivity contribution is 9.10. The molecule has 1 fully saturated rings. The van der Waals surface area contributed by atoms with Crippen molar-refractivity contribution in [3.8, 4) is 0 Å². The van der Waals surface area contributed by atoms with Crippen molar-refractivity contribution >= 4 is 27.8 Å². The molecule has 0 spiro atoms. The SMILES string of the molecule is CN(C(=O)c1cccc(F)c1Br)C1COCC1C(=O)O. The Morgan fingerprint density at radius 1 is 1.45 bits per heavy atom. The van der Waals surface area contributed by atoms with Gasteiger partial charge in [0.1, 0.15) is 11.7 Å². The van der Waals surface area contributed by atoms with Crippen LogP contribution >= 0.6 is 15.9 Å². The van der Waals surface area contributed by atoms with Crippen LogP contribution in [0.3, 0.4) is 0 Å². The third kappa shape index (κ3) is 2.69. The van der Waals surface area contributed by atoms with Gasteiger partial charge >= 0.3 is 5.97 Å². The Kier molecular flexibility index (Phi) is 4.39. The standard InChI is InChI=1S/C13H13BrFNO4/c1-16(10-6-20-5-8(10)13(18)19)12(17)7-3-2-4-9(15)11(7)14/h2-4,8,10H,5-6H2,1H3,(H,18,19). The molecule has 20 heavy (non-hydrogen) atoms. The molecule has 2 atom stereocenters. The molecule has 5 nitrogen and oxygen atoms in total. The molecule has 0 saturated carbocycles. The van der Waals surface area contributed by atoms with Crippen molar-refractivity contribution in [2.45, 2.75) is 6.04 Å². The molecule has 1 aliphatic heterocycles. The third-order valence-electron chi connectivity index (χ3n) is 3.37. The van der Waals surface area contributed by atoms with Gasteiger partial charge in [0.05, 0.1) is 29.3 Å². The highest BCUT2D eigenvalue weighted by atomic mass is 79.9. The van der Waals surface area contributed by atoms with Gasteiger partial charge in [0, 0.05) is 7.05 Å². The Morgan fingerprint density at radius 2 is 2.15 bits per heavy atom. The van der Waals surface area contributed by atoms with E-state index in [0.717, 1.165) is 0 Å². The summed E-state index contributed by atoms with van der Waals surface area (Å²) in [6.07, 6.45) is 0. The molecule has 0 aliphatic carbocycles. The van der Waals surface area contributed by atoms with Crippen LogP contribution in [-0.2, 0) is 9.53 Å². The van der Waals surface area contributed by atoms with Gasteiger partial charge in [-0.05, 0) is 28.1 Å². The van der Waals surface area contributed by atoms with Gasteiger partial charge in [0.25, 0.3) is 5.91 Å². The minimum Gasteiger partial charge on any atom is -0.481 e. The summed E-state index contributed by atoms with van der Waals surface area (Å²) in [5, 5.41) is 9.10. The van der Waals surface area contributed by atoms with E-state index >= 15 is 0 Å². The molecule has 2 rings (SSSR count). The van der Waals surface area contributed by atoms with Crippen molar-refractivity contribution in [2.75, 3.05) is 20.3 Å². The van der Waals surface area contributed by atoms with Crippen LogP contribution in [0.25, 0.3) is 0 Å². The lowest BCUT2D eigenvalue weighted by Gasteiger charge is -2.26. The summed E-state index contributed by atoms with van der Waals surface area (Å²) in [5.74, 6) is -2.76. The van der Waals surface area contributed by atoms with Gasteiger partial charge in [0.15, 0.2) is 0 Å². The molecule has 7 heteroatoms. The Morgan fingerprint density at radius 3 is 2.80 bits per heavy atom. The van der Waals surface area contributed by atoms with Gasteiger partial charge in [-0.3, -0.25) is 9.59 Å². The van der Waals surface area contributed by atoms with Crippen molar-refractivity contribution in [1.82, 2.24) is 4.90 Å². The molecule has 0 bridgehead atoms. The first kappa shape index (κ1) is 14.9. The molecular weight excluding hydrogens is 333 g/mol. The number of carbonyl (C=O) groups excluding carboxylic acids is 1. The van der Waals surface area contributed by atoms with Crippen LogP contribution in [-0.4, -0.2) is 48.2 Å². The normalized spacial score (nSPS) is 21.8. The molecule has 1 aromatic carbocycles. The van der Waals surface area contributed by atoms with Gasteiger partial charge < -0.3 is 14.7 Å². The predicted molar refractivity (Wildman–Crippen MR) is 71.9 cm³/mol. The van der Waals surface area contributed by atoms with E-state index in [4.69, 9.17) is 9.84 Å². The molecule has 0 aromatic heterocycles. The first-order valence-electron chi connectivity index (χ1n) is 5.95. The number of amides is 1. The largest absolute Gasteiger partial charge is 0.481 e. The molecule has 1 saturated heterocycles. The fourth-order valence-electron chi connectivity index (χ4n) is 2.17. The molecule has 1 aromatic rings. The zero-order valence-corrected chi connectivity index (χ0v) is 12.3. The summed E-state index contributed by atoms with van der Waals surface area (Å²) in [7, 11) is 1.50. The highest BCUT2D eigenvalue weighted by Gasteiger charge is 2.39. The van der Waals surface area contributed by atoms with E-state index in [-0.39, 0.29) is 23.2 Å². The van der Waals surface area contributed by atoms with E-state index in [1.165, 1.54) is 30.1 Å². The number of ether oxygens (including phenoxy) is 1. The number of halogens is 2. The lowest BCUT2D eigenvalue weighted by molar-refractivity contribution is -0.142. The monoisotopic (exact) mass is 345 g/mol. The van der Waals surface area contributed by atoms with E-state index in [0.29, 0.717) is 0 Å². The molecule has 1 amide bonds. The topological polar surface area (TPSA) is 66.8 Å². The summed E-state index contributed by atoms with van der Waals surface area (Å²) in [6.45, 7) is 0.230. The maximum Gasteiger partial charge on any atom is 0.311 e. The van der Waals surface area contributed by atoms with Crippen molar-refractivity contribution in [2.24, 2.45) is 5.92 Å². The van der Waals surface area contributed by atoms with Gasteiger partial charge in [0.2, 0.25) is 0 Å². The second-order valence-electron chi connectivity index (χ2n) is 4.57. The number of nitrogens with zero attached hydrogens (tertiary/aromatic N) is 1. The molecule has 2 unspecified atom stereocenters. The maximum atomic E-state index is 13.4. The molecule has 0 radical (unpaired) electrons. The van der Waals surface area contributed by atoms with Crippen LogP contribution < -0.4 is 0 Å². The number of hydrogen-bond donors (Lipinski definition) is 1. The average Bonchev–Trinajstić information content (AvgIpc) is 2.89. The lowest BCUT2D eigenvalue weighted by atomic mass is 10.0. The first-order valence-corrected chi connectivity index (χ1v) is 6.74. The van der Waals surface area contributed by atoms with Gasteiger partial charge in [-0.15, -0.1) is 0 Å². The maximum absolute atomic E-state index is 13.4. The Labute approximate surface area is 123 Å². The van der Waals surface area contributed by atoms with Crippen LogP contribution in [0.4, 0.5) is 4.39 Å². The van der Waals surface area contributed by atoms with Crippen molar-refractivity contribution in [1.29, 1.82) is 0 Å². The quantitative estimate of drug-likeness (QED) is 0.906. The summed E-state index contributed by atoms with van der Waals surface area (Å²) in [4.78, 5) is 24.8. The van der Waals surface area contributed by atoms with E-state index in [1.54, 1.807) is 0 Å². The number of carbonyl (C=O) groups is 2. The van der Waals surface area contributed by atoms with Crippen molar-refractivity contribution < 1.29 is 23.8 Å². The molecule has 1 N–H and O–H groups in total. The van der Waals surface area contributed by atoms with Crippen LogP contribution in [0.1, 0.15) is 10.4 Å². The smallest absolute Gasteiger partial charge is 0.311 e. The Hall–Kier alpha value is -1.47. The number of carboxylic acids is 1. The number of benzene rings is 1. The van der Waals surface area contributed by atoms with Gasteiger partial charge in [-0.1, -0.05) is 6.07 Å². The van der Waals surface area contributed by atoms with E-state index < -0.39 is 29.7 Å². The zero-order chi connectivity index (χ0) is 14.9. The molecule has 1 heterocycles. The van der Waals surface area contributed by atoms with Crippen LogP contribution in [0.15, 0.2) is 22.7 Å². The Balaban J connectivity index is 2.24. The number of hydrogen-bond acceptors (Lipinski definition) is 3. The van der Waals surface area contributed by atoms with Crippen LogP contribution in [0, 0.1) is 11.7 Å². The lowest BCUT2D eigenvalue weighted by Crippen LogP contribution is -2.44.